The Balaban J connectivity index is 1.46. The third-order valence-electron chi connectivity index (χ3n) is 6.69. The van der Waals surface area contributed by atoms with Crippen LogP contribution in [0, 0.1) is 17.0 Å². The quantitative estimate of drug-likeness (QED) is 0.0736. The number of amides is 3. The van der Waals surface area contributed by atoms with E-state index in [2.05, 4.69) is 0 Å². The Morgan fingerprint density at radius 2 is 1.60 bits per heavy atom. The van der Waals surface area contributed by atoms with Crippen LogP contribution in [0.25, 0.3) is 0 Å². The summed E-state index contributed by atoms with van der Waals surface area (Å²) in [4.78, 5) is 64.7. The molecule has 0 aliphatic carbocycles. The van der Waals surface area contributed by atoms with E-state index in [4.69, 9.17) is 27.4 Å². The highest BCUT2D eigenvalue weighted by Crippen LogP contribution is 2.33. The highest BCUT2D eigenvalue weighted by atomic mass is 35.5. The van der Waals surface area contributed by atoms with Crippen molar-refractivity contribution in [3.63, 3.8) is 0 Å². The first kappa shape index (κ1) is 31.3. The summed E-state index contributed by atoms with van der Waals surface area (Å²) < 4.78 is 30.4. The van der Waals surface area contributed by atoms with Crippen molar-refractivity contribution in [2.75, 3.05) is 6.54 Å². The molecule has 1 heterocycles. The van der Waals surface area contributed by atoms with Gasteiger partial charge in [0.2, 0.25) is 0 Å². The number of nitrogens with zero attached hydrogens (tertiary/aromatic N) is 3. The molecular weight excluding hydrogens is 649 g/mol. The maximum atomic E-state index is 13.7. The second kappa shape index (κ2) is 12.1. The minimum Gasteiger partial charge on any atom is -0.379 e. The number of nitro groups is 1. The number of imide groups is 1. The summed E-state index contributed by atoms with van der Waals surface area (Å²) >= 11 is 12.2. The van der Waals surface area contributed by atoms with E-state index in [1.165, 1.54) is 66.7 Å². The van der Waals surface area contributed by atoms with Crippen LogP contribution < -0.4 is 4.18 Å². The highest BCUT2D eigenvalue weighted by Gasteiger charge is 2.46. The summed E-state index contributed by atoms with van der Waals surface area (Å²) in [5.74, 6) is -4.21. The first-order valence-corrected chi connectivity index (χ1v) is 15.0. The van der Waals surface area contributed by atoms with Crippen LogP contribution in [-0.2, 0) is 10.1 Å². The fourth-order valence-electron chi connectivity index (χ4n) is 4.47. The number of hydrogen-bond acceptors (Lipinski definition) is 9. The van der Waals surface area contributed by atoms with Crippen LogP contribution in [-0.4, -0.2) is 53.4 Å². The lowest BCUT2D eigenvalue weighted by atomic mass is 10.1. The number of rotatable bonds is 9. The molecule has 0 bridgehead atoms. The molecule has 0 saturated heterocycles. The number of benzene rings is 4. The van der Waals surface area contributed by atoms with Gasteiger partial charge in [-0.15, -0.1) is 0 Å². The van der Waals surface area contributed by atoms with Crippen LogP contribution in [0.4, 0.5) is 5.69 Å². The third-order valence-corrected chi connectivity index (χ3v) is 8.50. The van der Waals surface area contributed by atoms with Gasteiger partial charge in [0, 0.05) is 16.7 Å². The number of hydrogen-bond donors (Lipinski definition) is 0. The molecule has 1 aliphatic rings. The first-order valence-electron chi connectivity index (χ1n) is 12.9. The topological polar surface area (TPSA) is 161 Å². The van der Waals surface area contributed by atoms with Crippen molar-refractivity contribution < 1.29 is 36.7 Å². The number of aryl methyl sites for hydroxylation is 1. The number of halogens is 2. The van der Waals surface area contributed by atoms with E-state index in [1.807, 2.05) is 0 Å². The van der Waals surface area contributed by atoms with Crippen LogP contribution in [0.15, 0.2) is 89.8 Å². The SMILES string of the molecule is Cc1ccc(S(=O)(=O)Oc2ccc(C(=O)CN(C(=O)c3ccc(Cl)cc3Cl)N3C(=O)c4cccc([N+](=O)[O-])c4C3=O)cc2)cc1. The molecule has 0 N–H and O–H groups in total. The molecule has 0 fully saturated rings. The molecule has 3 amide bonds. The van der Waals surface area contributed by atoms with E-state index in [9.17, 15) is 37.7 Å². The van der Waals surface area contributed by atoms with E-state index in [0.29, 0.717) is 10.0 Å². The summed E-state index contributed by atoms with van der Waals surface area (Å²) in [5, 5.41) is 12.5. The molecule has 12 nitrogen and oxygen atoms in total. The Bertz CT molecular complexity index is 2020. The Kier molecular flexibility index (Phi) is 8.43. The first-order chi connectivity index (χ1) is 21.3. The lowest BCUT2D eigenvalue weighted by molar-refractivity contribution is -0.385. The van der Waals surface area contributed by atoms with Crippen molar-refractivity contribution >= 4 is 62.5 Å². The van der Waals surface area contributed by atoms with Gasteiger partial charge in [0.1, 0.15) is 22.8 Å². The van der Waals surface area contributed by atoms with Crippen LogP contribution in [0.2, 0.25) is 10.0 Å². The van der Waals surface area contributed by atoms with Crippen molar-refractivity contribution in [1.82, 2.24) is 10.0 Å². The predicted octanol–water partition coefficient (Wildman–Crippen LogP) is 5.51. The predicted molar refractivity (Wildman–Crippen MR) is 161 cm³/mol. The number of ketones is 1. The molecular formula is C30H19Cl2N3O9S. The summed E-state index contributed by atoms with van der Waals surface area (Å²) in [7, 11) is -4.18. The number of fused-ring (bicyclic) bond motifs is 1. The smallest absolute Gasteiger partial charge is 0.339 e. The molecule has 15 heteroatoms. The van der Waals surface area contributed by atoms with Gasteiger partial charge in [-0.2, -0.15) is 13.4 Å². The molecule has 0 unspecified atom stereocenters. The Hall–Kier alpha value is -5.11. The average molecular weight is 668 g/mol. The second-order valence-electron chi connectivity index (χ2n) is 9.66. The zero-order valence-electron chi connectivity index (χ0n) is 23.0. The van der Waals surface area contributed by atoms with Crippen molar-refractivity contribution in [1.29, 1.82) is 0 Å². The van der Waals surface area contributed by atoms with Gasteiger partial charge < -0.3 is 4.18 Å². The number of carbonyl (C=O) groups is 4. The second-order valence-corrected chi connectivity index (χ2v) is 12.1. The molecule has 0 spiro atoms. The van der Waals surface area contributed by atoms with Gasteiger partial charge in [0.25, 0.3) is 23.4 Å². The molecule has 5 rings (SSSR count). The Morgan fingerprint density at radius 1 is 0.933 bits per heavy atom. The van der Waals surface area contributed by atoms with E-state index < -0.39 is 56.3 Å². The van der Waals surface area contributed by atoms with Gasteiger partial charge >= 0.3 is 10.1 Å². The lowest BCUT2D eigenvalue weighted by Crippen LogP contribution is -2.51. The van der Waals surface area contributed by atoms with Crippen LogP contribution in [0.3, 0.4) is 0 Å². The minimum absolute atomic E-state index is 0.0438. The van der Waals surface area contributed by atoms with E-state index in [1.54, 1.807) is 19.1 Å². The van der Waals surface area contributed by atoms with Gasteiger partial charge in [-0.1, -0.05) is 47.0 Å². The van der Waals surface area contributed by atoms with Crippen molar-refractivity contribution in [2.45, 2.75) is 11.8 Å². The number of carbonyl (C=O) groups excluding carboxylic acids is 4. The van der Waals surface area contributed by atoms with Crippen molar-refractivity contribution in [2.24, 2.45) is 0 Å². The molecule has 4 aromatic rings. The molecule has 4 aromatic carbocycles. The molecule has 0 aromatic heterocycles. The Labute approximate surface area is 265 Å². The molecule has 1 aliphatic heterocycles. The van der Waals surface area contributed by atoms with E-state index >= 15 is 0 Å². The average Bonchev–Trinajstić information content (AvgIpc) is 3.25. The molecule has 0 atom stereocenters. The summed E-state index contributed by atoms with van der Waals surface area (Å²) in [6.45, 7) is 0.906. The minimum atomic E-state index is -4.18. The third kappa shape index (κ3) is 6.13. The zero-order valence-corrected chi connectivity index (χ0v) is 25.3. The van der Waals surface area contributed by atoms with Crippen LogP contribution in [0.1, 0.15) is 47.0 Å². The summed E-state index contributed by atoms with van der Waals surface area (Å²) in [6.07, 6.45) is 0. The summed E-state index contributed by atoms with van der Waals surface area (Å²) in [6, 6.07) is 18.1. The monoisotopic (exact) mass is 667 g/mol. The fourth-order valence-corrected chi connectivity index (χ4v) is 5.88. The summed E-state index contributed by atoms with van der Waals surface area (Å²) in [5.41, 5.74) is -0.952. The van der Waals surface area contributed by atoms with Crippen LogP contribution >= 0.6 is 23.2 Å². The van der Waals surface area contributed by atoms with E-state index in [0.717, 1.165) is 11.6 Å². The maximum Gasteiger partial charge on any atom is 0.339 e. The van der Waals surface area contributed by atoms with Gasteiger partial charge in [-0.25, -0.2) is 5.01 Å². The number of hydrazine groups is 1. The normalized spacial score (nSPS) is 12.6. The standard InChI is InChI=1S/C30H19Cl2N3O9S/c1-17-5-12-21(13-6-17)45(42,43)44-20-10-7-18(8-11-20)26(36)16-33(28(37)22-14-9-19(31)15-24(22)32)34-29(38)23-3-2-4-25(35(40)41)27(23)30(34)39/h2-15H,16H2,1H3. The highest BCUT2D eigenvalue weighted by molar-refractivity contribution is 7.87. The number of Topliss-reactive ketones (excluding diaryl/α,β-unsaturated/α-hetero) is 1. The largest absolute Gasteiger partial charge is 0.379 e. The Morgan fingerprint density at radius 3 is 2.22 bits per heavy atom. The maximum absolute atomic E-state index is 13.7. The van der Waals surface area contributed by atoms with Crippen molar-refractivity contribution in [3.05, 3.63) is 133 Å². The van der Waals surface area contributed by atoms with Gasteiger partial charge in [-0.05, 0) is 67.6 Å². The number of nitro benzene ring substituents is 1. The van der Waals surface area contributed by atoms with E-state index in [-0.39, 0.29) is 37.4 Å². The molecule has 45 heavy (non-hydrogen) atoms. The van der Waals surface area contributed by atoms with Crippen molar-refractivity contribution in [3.8, 4) is 5.75 Å². The lowest BCUT2D eigenvalue weighted by Gasteiger charge is -2.29. The molecule has 228 valence electrons. The fraction of sp³-hybridized carbons (Fsp3) is 0.0667. The molecule has 0 radical (unpaired) electrons. The van der Waals surface area contributed by atoms with Gasteiger partial charge in [-0.3, -0.25) is 29.3 Å². The van der Waals surface area contributed by atoms with Crippen LogP contribution in [0.5, 0.6) is 5.75 Å². The van der Waals surface area contributed by atoms with Gasteiger partial charge in [0.05, 0.1) is 21.1 Å². The zero-order chi connectivity index (χ0) is 32.6. The van der Waals surface area contributed by atoms with Gasteiger partial charge in [0.15, 0.2) is 5.78 Å². The molecule has 0 saturated carbocycles.